The maximum atomic E-state index is 12.4. The van der Waals surface area contributed by atoms with Crippen molar-refractivity contribution in [3.8, 4) is 11.5 Å². The molecule has 1 saturated heterocycles. The number of benzene rings is 1. The van der Waals surface area contributed by atoms with Crippen molar-refractivity contribution in [1.82, 2.24) is 4.90 Å². The Balaban J connectivity index is 1.38. The maximum absolute atomic E-state index is 12.4. The highest BCUT2D eigenvalue weighted by Gasteiger charge is 2.44. The van der Waals surface area contributed by atoms with Crippen LogP contribution >= 0.6 is 0 Å². The van der Waals surface area contributed by atoms with E-state index in [0.717, 1.165) is 49.8 Å². The van der Waals surface area contributed by atoms with Gasteiger partial charge in [-0.1, -0.05) is 46.1 Å². The van der Waals surface area contributed by atoms with Crippen LogP contribution in [0.5, 0.6) is 11.5 Å². The van der Waals surface area contributed by atoms with Gasteiger partial charge < -0.3 is 19.8 Å². The van der Waals surface area contributed by atoms with Crippen molar-refractivity contribution >= 4 is 12.0 Å². The monoisotopic (exact) mass is 494 g/mol. The van der Waals surface area contributed by atoms with Gasteiger partial charge in [0.05, 0.1) is 17.8 Å². The van der Waals surface area contributed by atoms with E-state index in [9.17, 15) is 15.0 Å². The molecule has 0 spiro atoms. The number of aliphatic hydroxyl groups is 1. The predicted molar refractivity (Wildman–Crippen MR) is 143 cm³/mol. The van der Waals surface area contributed by atoms with Crippen molar-refractivity contribution in [1.29, 1.82) is 0 Å². The van der Waals surface area contributed by atoms with Crippen molar-refractivity contribution in [2.24, 2.45) is 16.8 Å². The fraction of sp³-hybridized carbons (Fsp3) is 0.600. The molecule has 0 radical (unpaired) electrons. The summed E-state index contributed by atoms with van der Waals surface area (Å²) in [7, 11) is 0. The van der Waals surface area contributed by atoms with Crippen LogP contribution in [0.15, 0.2) is 46.7 Å². The fourth-order valence-electron chi connectivity index (χ4n) is 5.83. The largest absolute Gasteiger partial charge is 0.504 e. The molecule has 6 nitrogen and oxygen atoms in total. The highest BCUT2D eigenvalue weighted by atomic mass is 16.5. The van der Waals surface area contributed by atoms with Gasteiger partial charge in [-0.05, 0) is 61.3 Å². The number of aromatic hydroxyl groups is 1. The number of hydrogen-bond acceptors (Lipinski definition) is 6. The molecule has 0 saturated carbocycles. The molecule has 2 N–H and O–H groups in total. The van der Waals surface area contributed by atoms with Crippen LogP contribution in [-0.4, -0.2) is 45.5 Å². The first-order valence-electron chi connectivity index (χ1n) is 13.8. The number of Topliss-reactive ketones (excluding diaryl/α,β-unsaturated/α-hetero) is 1. The van der Waals surface area contributed by atoms with Crippen LogP contribution < -0.4 is 4.74 Å². The van der Waals surface area contributed by atoms with E-state index in [2.05, 4.69) is 42.9 Å². The molecule has 6 heteroatoms. The molecule has 1 aromatic carbocycles. The molecule has 3 aliphatic rings. The summed E-state index contributed by atoms with van der Waals surface area (Å²) in [5, 5.41) is 20.7. The summed E-state index contributed by atoms with van der Waals surface area (Å²) < 4.78 is 6.41. The van der Waals surface area contributed by atoms with Crippen molar-refractivity contribution in [2.75, 3.05) is 0 Å². The number of allylic oxidation sites excluding steroid dienone is 1. The van der Waals surface area contributed by atoms with E-state index in [0.29, 0.717) is 36.8 Å². The van der Waals surface area contributed by atoms with Crippen molar-refractivity contribution in [2.45, 2.75) is 103 Å². The second-order valence-corrected chi connectivity index (χ2v) is 11.0. The Kier molecular flexibility index (Phi) is 8.89. The van der Waals surface area contributed by atoms with Crippen molar-refractivity contribution in [3.63, 3.8) is 0 Å². The number of phenolic OH excluding ortho intramolecular Hbond substituents is 1. The Morgan fingerprint density at radius 3 is 2.86 bits per heavy atom. The molecule has 36 heavy (non-hydrogen) atoms. The highest BCUT2D eigenvalue weighted by Crippen LogP contribution is 2.45. The van der Waals surface area contributed by atoms with Gasteiger partial charge in [-0.2, -0.15) is 0 Å². The topological polar surface area (TPSA) is 82.4 Å². The number of nitrogens with zero attached hydrogens (tertiary/aromatic N) is 2. The number of phenols is 1. The average Bonchev–Trinajstić information content (AvgIpc) is 3.43. The van der Waals surface area contributed by atoms with Gasteiger partial charge in [0, 0.05) is 37.3 Å². The third-order valence-electron chi connectivity index (χ3n) is 7.60. The zero-order valence-electron chi connectivity index (χ0n) is 22.0. The minimum atomic E-state index is -0.546. The summed E-state index contributed by atoms with van der Waals surface area (Å²) in [6, 6.07) is 5.62. The van der Waals surface area contributed by atoms with E-state index in [1.165, 1.54) is 5.57 Å². The number of aliphatic imine (C=N–C) groups is 1. The summed E-state index contributed by atoms with van der Waals surface area (Å²) in [6.45, 7) is 6.68. The molecule has 196 valence electrons. The first-order chi connectivity index (χ1) is 17.4. The number of ether oxygens (including phenoxy) is 1. The third-order valence-corrected chi connectivity index (χ3v) is 7.60. The fourth-order valence-corrected chi connectivity index (χ4v) is 5.83. The molecule has 4 rings (SSSR count). The quantitative estimate of drug-likeness (QED) is 0.333. The molecule has 4 unspecified atom stereocenters. The Morgan fingerprint density at radius 2 is 2.08 bits per heavy atom. The summed E-state index contributed by atoms with van der Waals surface area (Å²) in [4.78, 5) is 19.2. The summed E-state index contributed by atoms with van der Waals surface area (Å²) in [5.41, 5.74) is 3.26. The van der Waals surface area contributed by atoms with Crippen LogP contribution in [-0.2, 0) is 11.2 Å². The first-order valence-corrected chi connectivity index (χ1v) is 13.8. The third kappa shape index (κ3) is 6.39. The minimum absolute atomic E-state index is 0.0740. The Bertz CT molecular complexity index is 1010. The molecule has 3 heterocycles. The summed E-state index contributed by atoms with van der Waals surface area (Å²) in [6.07, 6.45) is 13.5. The lowest BCUT2D eigenvalue weighted by atomic mass is 9.80. The maximum Gasteiger partial charge on any atom is 0.172 e. The van der Waals surface area contributed by atoms with Gasteiger partial charge in [0.15, 0.2) is 17.7 Å². The molecule has 4 atom stereocenters. The lowest BCUT2D eigenvalue weighted by Crippen LogP contribution is -2.49. The number of unbranched alkanes of at least 4 members (excludes halogenated alkanes) is 2. The van der Waals surface area contributed by atoms with E-state index in [4.69, 9.17) is 4.74 Å². The van der Waals surface area contributed by atoms with E-state index >= 15 is 0 Å². The number of piperidine rings is 1. The van der Waals surface area contributed by atoms with Crippen LogP contribution in [0.4, 0.5) is 0 Å². The zero-order valence-corrected chi connectivity index (χ0v) is 22.0. The smallest absolute Gasteiger partial charge is 0.172 e. The number of ketones is 1. The number of hydrogen-bond donors (Lipinski definition) is 2. The molecule has 0 aliphatic carbocycles. The van der Waals surface area contributed by atoms with Gasteiger partial charge in [-0.15, -0.1) is 0 Å². The van der Waals surface area contributed by atoms with E-state index in [-0.39, 0.29) is 30.2 Å². The first kappa shape index (κ1) is 26.5. The predicted octanol–water partition coefficient (Wildman–Crippen LogP) is 5.92. The van der Waals surface area contributed by atoms with Crippen LogP contribution in [0.25, 0.3) is 0 Å². The molecule has 1 aromatic rings. The van der Waals surface area contributed by atoms with Gasteiger partial charge in [-0.25, -0.2) is 0 Å². The molecule has 0 aromatic heterocycles. The van der Waals surface area contributed by atoms with Crippen molar-refractivity contribution in [3.05, 3.63) is 47.3 Å². The number of carbonyl (C=O) groups excluding carboxylic acids is 1. The summed E-state index contributed by atoms with van der Waals surface area (Å²) in [5.74, 6) is 1.82. The molecule has 3 aliphatic heterocycles. The number of aryl methyl sites for hydroxylation is 1. The number of fused-ring (bicyclic) bond motifs is 3. The van der Waals surface area contributed by atoms with Crippen LogP contribution in [0.2, 0.25) is 0 Å². The van der Waals surface area contributed by atoms with Gasteiger partial charge in [0.25, 0.3) is 0 Å². The van der Waals surface area contributed by atoms with Gasteiger partial charge in [0.1, 0.15) is 5.78 Å². The standard InChI is InChI=1S/C30H42N2O4/c1-4-5-6-7-23(33)18-24(34)11-8-21-9-12-27(35)28(17-21)36-29-13-10-22(16-20(2)3)30-25-14-15-31-26(25)19-32(29)30/h9,12,14-15,17,19-20,22-23,29-30,33,35H,4-8,10-11,13,16,18H2,1-3H3. The molecular formula is C30H42N2O4. The molecule has 0 amide bonds. The molecular weight excluding hydrogens is 452 g/mol. The normalized spacial score (nSPS) is 23.4. The highest BCUT2D eigenvalue weighted by molar-refractivity contribution is 5.81. The molecule has 0 bridgehead atoms. The summed E-state index contributed by atoms with van der Waals surface area (Å²) >= 11 is 0. The van der Waals surface area contributed by atoms with Gasteiger partial charge in [0.2, 0.25) is 0 Å². The Morgan fingerprint density at radius 1 is 1.25 bits per heavy atom. The van der Waals surface area contributed by atoms with Crippen LogP contribution in [0.3, 0.4) is 0 Å². The second kappa shape index (κ2) is 12.1. The Labute approximate surface area is 215 Å². The Hall–Kier alpha value is -2.60. The van der Waals surface area contributed by atoms with E-state index < -0.39 is 6.10 Å². The van der Waals surface area contributed by atoms with Gasteiger partial charge >= 0.3 is 0 Å². The zero-order chi connectivity index (χ0) is 25.7. The number of rotatable bonds is 13. The lowest BCUT2D eigenvalue weighted by molar-refractivity contribution is -0.121. The molecule has 1 fully saturated rings. The second-order valence-electron chi connectivity index (χ2n) is 11.0. The SMILES string of the molecule is CCCCCC(O)CC(=O)CCc1ccc(O)c(OC2CCC(CC(C)C)C3C4=CC=NC4=CN23)c1. The van der Waals surface area contributed by atoms with Crippen LogP contribution in [0, 0.1) is 11.8 Å². The van der Waals surface area contributed by atoms with E-state index in [1.54, 1.807) is 6.07 Å². The minimum Gasteiger partial charge on any atom is -0.504 e. The average molecular weight is 495 g/mol. The number of aliphatic hydroxyl groups excluding tert-OH is 1. The van der Waals surface area contributed by atoms with E-state index in [1.807, 2.05) is 18.3 Å². The van der Waals surface area contributed by atoms with Crippen molar-refractivity contribution < 1.29 is 19.7 Å². The van der Waals surface area contributed by atoms with Crippen LogP contribution in [0.1, 0.15) is 84.1 Å². The lowest BCUT2D eigenvalue weighted by Gasteiger charge is -2.43. The number of carbonyl (C=O) groups is 1. The van der Waals surface area contributed by atoms with Gasteiger partial charge in [-0.3, -0.25) is 9.79 Å².